The van der Waals surface area contributed by atoms with Crippen molar-refractivity contribution >= 4 is 34.0 Å². The highest BCUT2D eigenvalue weighted by Crippen LogP contribution is 2.29. The van der Waals surface area contributed by atoms with Gasteiger partial charge in [-0.1, -0.05) is 51.1 Å². The molecule has 0 bridgehead atoms. The highest BCUT2D eigenvalue weighted by atomic mass is 32.1. The second-order valence-electron chi connectivity index (χ2n) is 8.04. The molecule has 6 nitrogen and oxygen atoms in total. The summed E-state index contributed by atoms with van der Waals surface area (Å²) in [5, 5.41) is 2.30. The van der Waals surface area contributed by atoms with Gasteiger partial charge in [0.25, 0.3) is 0 Å². The summed E-state index contributed by atoms with van der Waals surface area (Å²) < 4.78 is 10.8. The number of aromatic nitrogens is 1. The number of esters is 1. The van der Waals surface area contributed by atoms with Crippen molar-refractivity contribution < 1.29 is 19.1 Å². The molecular weight excluding hydrogens is 412 g/mol. The molecule has 0 saturated carbocycles. The average Bonchev–Trinajstić information content (AvgIpc) is 3.19. The lowest BCUT2D eigenvalue weighted by Crippen LogP contribution is -2.22. The predicted molar refractivity (Wildman–Crippen MR) is 122 cm³/mol. The van der Waals surface area contributed by atoms with E-state index >= 15 is 0 Å². The van der Waals surface area contributed by atoms with Crippen molar-refractivity contribution in [3.8, 4) is 5.75 Å². The van der Waals surface area contributed by atoms with Gasteiger partial charge in [0.05, 0.1) is 11.4 Å². The maximum Gasteiger partial charge on any atom is 0.344 e. The van der Waals surface area contributed by atoms with Crippen LogP contribution in [0, 0.1) is 0 Å². The Morgan fingerprint density at radius 2 is 1.71 bits per heavy atom. The topological polar surface area (TPSA) is 68.7 Å². The van der Waals surface area contributed by atoms with Gasteiger partial charge in [-0.05, 0) is 35.2 Å². The molecule has 0 saturated heterocycles. The second kappa shape index (κ2) is 9.75. The van der Waals surface area contributed by atoms with Gasteiger partial charge in [0.2, 0.25) is 5.91 Å². The quantitative estimate of drug-likeness (QED) is 0.472. The molecule has 0 aliphatic carbocycles. The Labute approximate surface area is 186 Å². The van der Waals surface area contributed by atoms with Crippen molar-refractivity contribution in [3.63, 3.8) is 0 Å². The third-order valence-electron chi connectivity index (χ3n) is 4.52. The molecule has 0 spiro atoms. The molecule has 0 atom stereocenters. The molecule has 3 rings (SSSR count). The molecule has 1 heterocycles. The second-order valence-corrected chi connectivity index (χ2v) is 8.87. The van der Waals surface area contributed by atoms with Crippen LogP contribution in [-0.4, -0.2) is 23.5 Å². The molecule has 0 unspecified atom stereocenters. The first-order valence-corrected chi connectivity index (χ1v) is 10.8. The van der Waals surface area contributed by atoms with Crippen molar-refractivity contribution in [2.24, 2.45) is 0 Å². The maximum atomic E-state index is 12.1. The third kappa shape index (κ3) is 6.15. The van der Waals surface area contributed by atoms with Crippen molar-refractivity contribution in [1.29, 1.82) is 0 Å². The zero-order chi connectivity index (χ0) is 22.4. The Kier molecular flexibility index (Phi) is 7.07. The van der Waals surface area contributed by atoms with Crippen LogP contribution in [-0.2, 0) is 26.3 Å². The summed E-state index contributed by atoms with van der Waals surface area (Å²) in [6, 6.07) is 17.0. The van der Waals surface area contributed by atoms with Crippen LogP contribution in [0.15, 0.2) is 60.0 Å². The van der Waals surface area contributed by atoms with E-state index in [1.165, 1.54) is 28.7 Å². The molecule has 162 valence electrons. The van der Waals surface area contributed by atoms with Crippen molar-refractivity contribution in [1.82, 2.24) is 4.98 Å². The lowest BCUT2D eigenvalue weighted by Gasteiger charge is -2.19. The van der Waals surface area contributed by atoms with Gasteiger partial charge in [0.15, 0.2) is 11.7 Å². The molecule has 0 radical (unpaired) electrons. The largest absolute Gasteiger partial charge is 0.482 e. The number of amides is 1. The van der Waals surface area contributed by atoms with Crippen molar-refractivity contribution in [3.05, 3.63) is 71.2 Å². The highest BCUT2D eigenvalue weighted by molar-refractivity contribution is 7.14. The van der Waals surface area contributed by atoms with Crippen LogP contribution in [0.5, 0.6) is 5.75 Å². The van der Waals surface area contributed by atoms with Gasteiger partial charge in [-0.15, -0.1) is 11.3 Å². The van der Waals surface area contributed by atoms with Gasteiger partial charge >= 0.3 is 5.97 Å². The average molecular weight is 439 g/mol. The maximum absolute atomic E-state index is 12.1. The zero-order valence-electron chi connectivity index (χ0n) is 18.1. The van der Waals surface area contributed by atoms with Crippen LogP contribution in [0.4, 0.5) is 10.8 Å². The first-order chi connectivity index (χ1) is 14.7. The summed E-state index contributed by atoms with van der Waals surface area (Å²) in [6.45, 7) is 7.73. The summed E-state index contributed by atoms with van der Waals surface area (Å²) in [7, 11) is 0. The molecule has 0 aliphatic rings. The molecule has 0 aliphatic heterocycles. The van der Waals surface area contributed by atoms with E-state index in [-0.39, 0.29) is 24.5 Å². The van der Waals surface area contributed by atoms with Crippen LogP contribution >= 0.6 is 11.3 Å². The van der Waals surface area contributed by atoms with Gasteiger partial charge in [-0.25, -0.2) is 9.78 Å². The number of ether oxygens (including phenoxy) is 2. The van der Waals surface area contributed by atoms with Crippen LogP contribution in [0.25, 0.3) is 0 Å². The molecule has 1 amide bonds. The number of nitrogens with zero attached hydrogens (tertiary/aromatic N) is 2. The standard InChI is InChI=1S/C24H26N2O4S/c1-17(27)26(20-8-6-5-7-9-20)23-25-19(16-31-23)14-30-22(28)15-29-21-12-10-18(11-13-21)24(2,3)4/h5-13,16H,14-15H2,1-4H3. The van der Waals surface area contributed by atoms with Crippen molar-refractivity contribution in [2.45, 2.75) is 39.7 Å². The van der Waals surface area contributed by atoms with E-state index in [2.05, 4.69) is 25.8 Å². The summed E-state index contributed by atoms with van der Waals surface area (Å²) in [5.41, 5.74) is 2.56. The molecule has 2 aromatic carbocycles. The zero-order valence-corrected chi connectivity index (χ0v) is 18.9. The predicted octanol–water partition coefficient (Wildman–Crippen LogP) is 5.25. The van der Waals surface area contributed by atoms with Crippen LogP contribution in [0.2, 0.25) is 0 Å². The number of carbonyl (C=O) groups excluding carboxylic acids is 2. The molecular formula is C24H26N2O4S. The van der Waals surface area contributed by atoms with Crippen molar-refractivity contribution in [2.75, 3.05) is 11.5 Å². The van der Waals surface area contributed by atoms with E-state index in [0.29, 0.717) is 16.6 Å². The van der Waals surface area contributed by atoms with Gasteiger partial charge in [-0.3, -0.25) is 9.69 Å². The normalized spacial score (nSPS) is 11.1. The Hall–Kier alpha value is -3.19. The Morgan fingerprint density at radius 1 is 1.03 bits per heavy atom. The highest BCUT2D eigenvalue weighted by Gasteiger charge is 2.18. The number of carbonyl (C=O) groups is 2. The van der Waals surface area contributed by atoms with Gasteiger partial charge in [-0.2, -0.15) is 0 Å². The number of thiazole rings is 1. The van der Waals surface area contributed by atoms with E-state index < -0.39 is 5.97 Å². The summed E-state index contributed by atoms with van der Waals surface area (Å²) in [6.07, 6.45) is 0. The summed E-state index contributed by atoms with van der Waals surface area (Å²) >= 11 is 1.32. The number of anilines is 2. The third-order valence-corrected chi connectivity index (χ3v) is 5.39. The van der Waals surface area contributed by atoms with Crippen LogP contribution in [0.1, 0.15) is 39.0 Å². The van der Waals surface area contributed by atoms with Crippen LogP contribution < -0.4 is 9.64 Å². The number of hydrogen-bond donors (Lipinski definition) is 0. The SMILES string of the molecule is CC(=O)N(c1ccccc1)c1nc(COC(=O)COc2ccc(C(C)(C)C)cc2)cs1. The summed E-state index contributed by atoms with van der Waals surface area (Å²) in [5.74, 6) is -0.0169. The van der Waals surface area contributed by atoms with E-state index in [1.807, 2.05) is 54.6 Å². The number of rotatable bonds is 7. The first kappa shape index (κ1) is 22.5. The molecule has 0 fully saturated rings. The molecule has 7 heteroatoms. The first-order valence-electron chi connectivity index (χ1n) is 9.93. The molecule has 31 heavy (non-hydrogen) atoms. The number of para-hydroxylation sites is 1. The van der Waals surface area contributed by atoms with Gasteiger partial charge in [0.1, 0.15) is 12.4 Å². The molecule has 1 aromatic heterocycles. The molecule has 0 N–H and O–H groups in total. The van der Waals surface area contributed by atoms with E-state index in [1.54, 1.807) is 5.38 Å². The molecule has 3 aromatic rings. The number of benzene rings is 2. The Balaban J connectivity index is 1.53. The fourth-order valence-corrected chi connectivity index (χ4v) is 3.73. The van der Waals surface area contributed by atoms with Gasteiger partial charge < -0.3 is 9.47 Å². The smallest absolute Gasteiger partial charge is 0.344 e. The fourth-order valence-electron chi connectivity index (χ4n) is 2.86. The van der Waals surface area contributed by atoms with Gasteiger partial charge in [0, 0.05) is 12.3 Å². The van der Waals surface area contributed by atoms with E-state index in [0.717, 1.165) is 5.69 Å². The van der Waals surface area contributed by atoms with E-state index in [4.69, 9.17) is 9.47 Å². The Morgan fingerprint density at radius 3 is 2.32 bits per heavy atom. The van der Waals surface area contributed by atoms with E-state index in [9.17, 15) is 9.59 Å². The number of hydrogen-bond acceptors (Lipinski definition) is 6. The minimum Gasteiger partial charge on any atom is -0.482 e. The lowest BCUT2D eigenvalue weighted by atomic mass is 9.87. The lowest BCUT2D eigenvalue weighted by molar-refractivity contribution is -0.147. The fraction of sp³-hybridized carbons (Fsp3) is 0.292. The monoisotopic (exact) mass is 438 g/mol. The minimum atomic E-state index is -0.485. The Bertz CT molecular complexity index is 1020. The summed E-state index contributed by atoms with van der Waals surface area (Å²) in [4.78, 5) is 30.1. The van der Waals surface area contributed by atoms with Crippen LogP contribution in [0.3, 0.4) is 0 Å². The minimum absolute atomic E-state index is 0.0161.